The standard InChI is InChI=1S/C18H18N2O3S/c19-17(21)14-10-20(12-6-2-3-7-13(12)23-14)18(22)16-9-11-5-1-4-8-15(11)24-16/h2-3,6-7,9,14H,1,4-5,8,10H2,(H2,19,21). The summed E-state index contributed by atoms with van der Waals surface area (Å²) in [6, 6.07) is 9.27. The fourth-order valence-electron chi connectivity index (χ4n) is 3.30. The maximum absolute atomic E-state index is 13.1. The third kappa shape index (κ3) is 2.57. The van der Waals surface area contributed by atoms with Crippen molar-refractivity contribution in [2.24, 2.45) is 5.73 Å². The summed E-state index contributed by atoms with van der Waals surface area (Å²) >= 11 is 1.57. The summed E-state index contributed by atoms with van der Waals surface area (Å²) in [7, 11) is 0. The number of amides is 2. The number of carbonyl (C=O) groups excluding carboxylic acids is 2. The van der Waals surface area contributed by atoms with E-state index in [-0.39, 0.29) is 12.5 Å². The Morgan fingerprint density at radius 3 is 2.79 bits per heavy atom. The van der Waals surface area contributed by atoms with Crippen molar-refractivity contribution >= 4 is 28.8 Å². The number of carbonyl (C=O) groups is 2. The zero-order valence-electron chi connectivity index (χ0n) is 13.2. The second-order valence-corrected chi connectivity index (χ2v) is 7.30. The lowest BCUT2D eigenvalue weighted by Gasteiger charge is -2.33. The Balaban J connectivity index is 1.70. The highest BCUT2D eigenvalue weighted by Gasteiger charge is 2.34. The van der Waals surface area contributed by atoms with Crippen molar-refractivity contribution in [3.8, 4) is 5.75 Å². The molecule has 1 atom stereocenters. The second-order valence-electron chi connectivity index (χ2n) is 6.16. The Morgan fingerprint density at radius 2 is 2.00 bits per heavy atom. The molecule has 1 aliphatic heterocycles. The number of nitrogens with zero attached hydrogens (tertiary/aromatic N) is 1. The molecular weight excluding hydrogens is 324 g/mol. The summed E-state index contributed by atoms with van der Waals surface area (Å²) in [4.78, 5) is 28.3. The van der Waals surface area contributed by atoms with Gasteiger partial charge in [0, 0.05) is 4.88 Å². The number of primary amides is 1. The molecule has 0 saturated heterocycles. The molecule has 0 fully saturated rings. The van der Waals surface area contributed by atoms with Crippen LogP contribution in [0.15, 0.2) is 30.3 Å². The van der Waals surface area contributed by atoms with Gasteiger partial charge in [-0.2, -0.15) is 0 Å². The highest BCUT2D eigenvalue weighted by molar-refractivity contribution is 7.14. The molecule has 0 saturated carbocycles. The summed E-state index contributed by atoms with van der Waals surface area (Å²) in [6.45, 7) is 0.147. The molecule has 1 aromatic heterocycles. The highest BCUT2D eigenvalue weighted by Crippen LogP contribution is 2.36. The van der Waals surface area contributed by atoms with Gasteiger partial charge >= 0.3 is 0 Å². The third-order valence-corrected chi connectivity index (χ3v) is 5.77. The van der Waals surface area contributed by atoms with E-state index in [1.54, 1.807) is 22.3 Å². The number of rotatable bonds is 2. The maximum atomic E-state index is 13.1. The predicted molar refractivity (Wildman–Crippen MR) is 92.7 cm³/mol. The Kier molecular flexibility index (Phi) is 3.76. The molecule has 0 spiro atoms. The first-order valence-corrected chi connectivity index (χ1v) is 8.93. The van der Waals surface area contributed by atoms with Crippen molar-refractivity contribution in [3.63, 3.8) is 0 Å². The molecule has 0 radical (unpaired) electrons. The molecule has 24 heavy (non-hydrogen) atoms. The first-order chi connectivity index (χ1) is 11.6. The Labute approximate surface area is 144 Å². The van der Waals surface area contributed by atoms with Crippen molar-refractivity contribution in [1.29, 1.82) is 0 Å². The van der Waals surface area contributed by atoms with Crippen LogP contribution in [0, 0.1) is 0 Å². The monoisotopic (exact) mass is 342 g/mol. The smallest absolute Gasteiger partial charge is 0.268 e. The summed E-state index contributed by atoms with van der Waals surface area (Å²) in [5.41, 5.74) is 7.39. The number of anilines is 1. The zero-order valence-corrected chi connectivity index (χ0v) is 14.0. The van der Waals surface area contributed by atoms with Crippen LogP contribution < -0.4 is 15.4 Å². The maximum Gasteiger partial charge on any atom is 0.268 e. The number of ether oxygens (including phenoxy) is 1. The SMILES string of the molecule is NC(=O)C1CN(C(=O)c2cc3c(s2)CCCC3)c2ccccc2O1. The number of para-hydroxylation sites is 2. The zero-order chi connectivity index (χ0) is 16.7. The van der Waals surface area contributed by atoms with Crippen LogP contribution in [-0.4, -0.2) is 24.5 Å². The Morgan fingerprint density at radius 1 is 1.21 bits per heavy atom. The minimum Gasteiger partial charge on any atom is -0.477 e. The second kappa shape index (κ2) is 5.94. The number of nitrogens with two attached hydrogens (primary N) is 1. The quantitative estimate of drug-likeness (QED) is 0.911. The van der Waals surface area contributed by atoms with Gasteiger partial charge in [-0.3, -0.25) is 14.5 Å². The van der Waals surface area contributed by atoms with Crippen LogP contribution in [0.3, 0.4) is 0 Å². The van der Waals surface area contributed by atoms with Gasteiger partial charge < -0.3 is 10.5 Å². The number of hydrogen-bond acceptors (Lipinski definition) is 4. The van der Waals surface area contributed by atoms with E-state index >= 15 is 0 Å². The highest BCUT2D eigenvalue weighted by atomic mass is 32.1. The van der Waals surface area contributed by atoms with Crippen LogP contribution in [0.1, 0.15) is 33.0 Å². The van der Waals surface area contributed by atoms with Crippen LogP contribution in [0.2, 0.25) is 0 Å². The van der Waals surface area contributed by atoms with Gasteiger partial charge in [0.25, 0.3) is 11.8 Å². The third-order valence-electron chi connectivity index (χ3n) is 4.54. The molecule has 2 aliphatic rings. The molecule has 2 N–H and O–H groups in total. The van der Waals surface area contributed by atoms with E-state index in [2.05, 4.69) is 0 Å². The van der Waals surface area contributed by atoms with E-state index < -0.39 is 12.0 Å². The molecule has 1 aromatic carbocycles. The van der Waals surface area contributed by atoms with E-state index in [4.69, 9.17) is 10.5 Å². The molecule has 4 rings (SSSR count). The van der Waals surface area contributed by atoms with Crippen molar-refractivity contribution in [2.75, 3.05) is 11.4 Å². The summed E-state index contributed by atoms with van der Waals surface area (Å²) in [6.07, 6.45) is 3.64. The molecule has 0 bridgehead atoms. The molecule has 124 valence electrons. The van der Waals surface area contributed by atoms with Gasteiger partial charge in [-0.25, -0.2) is 0 Å². The number of thiophene rings is 1. The minimum absolute atomic E-state index is 0.0867. The van der Waals surface area contributed by atoms with Crippen molar-refractivity contribution in [2.45, 2.75) is 31.8 Å². The average Bonchev–Trinajstić information content (AvgIpc) is 3.04. The minimum atomic E-state index is -0.821. The number of benzene rings is 1. The fourth-order valence-corrected chi connectivity index (χ4v) is 4.51. The van der Waals surface area contributed by atoms with E-state index in [9.17, 15) is 9.59 Å². The van der Waals surface area contributed by atoms with Crippen LogP contribution in [0.4, 0.5) is 5.69 Å². The summed E-state index contributed by atoms with van der Waals surface area (Å²) < 4.78 is 5.63. The van der Waals surface area contributed by atoms with Crippen LogP contribution >= 0.6 is 11.3 Å². The first kappa shape index (κ1) is 15.2. The van der Waals surface area contributed by atoms with Gasteiger partial charge in [-0.15, -0.1) is 11.3 Å². The Bertz CT molecular complexity index is 791. The number of fused-ring (bicyclic) bond motifs is 2. The van der Waals surface area contributed by atoms with E-state index in [1.165, 1.54) is 23.3 Å². The van der Waals surface area contributed by atoms with Crippen molar-refractivity contribution < 1.29 is 14.3 Å². The predicted octanol–water partition coefficient (Wildman–Crippen LogP) is 2.52. The molecule has 2 aromatic rings. The van der Waals surface area contributed by atoms with Gasteiger partial charge in [-0.05, 0) is 49.4 Å². The fraction of sp³-hybridized carbons (Fsp3) is 0.333. The van der Waals surface area contributed by atoms with E-state index in [0.29, 0.717) is 11.4 Å². The van der Waals surface area contributed by atoms with Gasteiger partial charge in [0.2, 0.25) is 0 Å². The topological polar surface area (TPSA) is 72.6 Å². The lowest BCUT2D eigenvalue weighted by atomic mass is 9.99. The first-order valence-electron chi connectivity index (χ1n) is 8.12. The molecule has 6 heteroatoms. The molecule has 2 amide bonds. The van der Waals surface area contributed by atoms with Crippen LogP contribution in [-0.2, 0) is 17.6 Å². The van der Waals surface area contributed by atoms with Gasteiger partial charge in [0.1, 0.15) is 5.75 Å². The summed E-state index contributed by atoms with van der Waals surface area (Å²) in [5.74, 6) is -0.133. The van der Waals surface area contributed by atoms with Gasteiger partial charge in [0.05, 0.1) is 17.1 Å². The van der Waals surface area contributed by atoms with Crippen LogP contribution in [0.25, 0.3) is 0 Å². The largest absolute Gasteiger partial charge is 0.477 e. The lowest BCUT2D eigenvalue weighted by molar-refractivity contribution is -0.124. The Hall–Kier alpha value is -2.34. The van der Waals surface area contributed by atoms with Gasteiger partial charge in [-0.1, -0.05) is 12.1 Å². The molecular formula is C18H18N2O3S. The molecule has 5 nitrogen and oxygen atoms in total. The van der Waals surface area contributed by atoms with Crippen molar-refractivity contribution in [1.82, 2.24) is 0 Å². The van der Waals surface area contributed by atoms with E-state index in [1.807, 2.05) is 24.3 Å². The molecule has 2 heterocycles. The number of aryl methyl sites for hydroxylation is 2. The lowest BCUT2D eigenvalue weighted by Crippen LogP contribution is -2.49. The molecule has 1 aliphatic carbocycles. The van der Waals surface area contributed by atoms with Crippen molar-refractivity contribution in [3.05, 3.63) is 45.6 Å². The average molecular weight is 342 g/mol. The molecule has 1 unspecified atom stereocenters. The normalized spacial score (nSPS) is 19.2. The van der Waals surface area contributed by atoms with E-state index in [0.717, 1.165) is 17.7 Å². The van der Waals surface area contributed by atoms with Crippen LogP contribution in [0.5, 0.6) is 5.75 Å². The number of hydrogen-bond donors (Lipinski definition) is 1. The summed E-state index contributed by atoms with van der Waals surface area (Å²) in [5, 5.41) is 0. The van der Waals surface area contributed by atoms with Gasteiger partial charge in [0.15, 0.2) is 6.10 Å².